The van der Waals surface area contributed by atoms with Crippen LogP contribution in [-0.2, 0) is 10.0 Å². The molecule has 4 nitrogen and oxygen atoms in total. The van der Waals surface area contributed by atoms with E-state index in [1.54, 1.807) is 18.2 Å². The highest BCUT2D eigenvalue weighted by molar-refractivity contribution is 7.89. The Bertz CT molecular complexity index is 561. The summed E-state index contributed by atoms with van der Waals surface area (Å²) < 4.78 is 27.9. The minimum absolute atomic E-state index is 0.171. The average molecular weight is 296 g/mol. The van der Waals surface area contributed by atoms with Crippen LogP contribution in [0.25, 0.3) is 0 Å². The van der Waals surface area contributed by atoms with Gasteiger partial charge in [-0.05, 0) is 44.4 Å². The van der Waals surface area contributed by atoms with Gasteiger partial charge in [-0.3, -0.25) is 0 Å². The third-order valence-electron chi connectivity index (χ3n) is 4.03. The molecular weight excluding hydrogens is 272 g/mol. The first-order valence-corrected chi connectivity index (χ1v) is 8.70. The van der Waals surface area contributed by atoms with Crippen molar-refractivity contribution in [1.82, 2.24) is 4.72 Å². The summed E-state index contributed by atoms with van der Waals surface area (Å²) in [5, 5.41) is 0. The molecule has 0 radical (unpaired) electrons. The van der Waals surface area contributed by atoms with Gasteiger partial charge in [-0.25, -0.2) is 13.1 Å². The first-order chi connectivity index (χ1) is 9.32. The molecule has 1 aliphatic rings. The molecule has 0 bridgehead atoms. The first kappa shape index (κ1) is 15.5. The molecule has 1 atom stereocenters. The summed E-state index contributed by atoms with van der Waals surface area (Å²) in [5.74, 6) is 0. The standard InChI is InChI=1S/C15H24N2O2S/c1-12(16)13-7-6-8-14(11-13)20(18,19)17-15(2)9-4-3-5-10-15/h6-8,11-12,17H,3-5,9-10,16H2,1-2H3. The molecule has 0 spiro atoms. The van der Waals surface area contributed by atoms with Crippen LogP contribution >= 0.6 is 0 Å². The molecule has 0 amide bonds. The molecule has 112 valence electrons. The number of hydrogen-bond acceptors (Lipinski definition) is 3. The molecule has 1 aromatic carbocycles. The third kappa shape index (κ3) is 3.59. The minimum atomic E-state index is -3.48. The second-order valence-corrected chi connectivity index (χ2v) is 7.77. The summed E-state index contributed by atoms with van der Waals surface area (Å²) in [4.78, 5) is 0.305. The molecule has 1 aliphatic carbocycles. The van der Waals surface area contributed by atoms with Gasteiger partial charge < -0.3 is 5.73 Å². The van der Waals surface area contributed by atoms with Gasteiger partial charge in [-0.2, -0.15) is 0 Å². The van der Waals surface area contributed by atoms with E-state index in [0.29, 0.717) is 4.90 Å². The zero-order chi connectivity index (χ0) is 14.8. The van der Waals surface area contributed by atoms with Gasteiger partial charge in [0.05, 0.1) is 4.90 Å². The number of nitrogens with two attached hydrogens (primary N) is 1. The summed E-state index contributed by atoms with van der Waals surface area (Å²) >= 11 is 0. The van der Waals surface area contributed by atoms with Crippen LogP contribution in [0, 0.1) is 0 Å². The van der Waals surface area contributed by atoms with E-state index in [1.807, 2.05) is 19.9 Å². The quantitative estimate of drug-likeness (QED) is 0.897. The van der Waals surface area contributed by atoms with Crippen LogP contribution in [0.15, 0.2) is 29.2 Å². The number of nitrogens with one attached hydrogen (secondary N) is 1. The maximum Gasteiger partial charge on any atom is 0.241 e. The molecule has 0 heterocycles. The fraction of sp³-hybridized carbons (Fsp3) is 0.600. The summed E-state index contributed by atoms with van der Waals surface area (Å²) in [7, 11) is -3.48. The van der Waals surface area contributed by atoms with Crippen LogP contribution in [-0.4, -0.2) is 14.0 Å². The summed E-state index contributed by atoms with van der Waals surface area (Å²) in [6.45, 7) is 3.85. The van der Waals surface area contributed by atoms with Crippen molar-refractivity contribution in [3.63, 3.8) is 0 Å². The molecule has 1 saturated carbocycles. The van der Waals surface area contributed by atoms with Gasteiger partial charge in [0.2, 0.25) is 10.0 Å². The van der Waals surface area contributed by atoms with Crippen LogP contribution in [0.4, 0.5) is 0 Å². The largest absolute Gasteiger partial charge is 0.324 e. The van der Waals surface area contributed by atoms with E-state index in [-0.39, 0.29) is 11.6 Å². The third-order valence-corrected chi connectivity index (χ3v) is 5.67. The smallest absolute Gasteiger partial charge is 0.241 e. The van der Waals surface area contributed by atoms with Gasteiger partial charge >= 0.3 is 0 Å². The highest BCUT2D eigenvalue weighted by Crippen LogP contribution is 2.29. The first-order valence-electron chi connectivity index (χ1n) is 7.22. The van der Waals surface area contributed by atoms with E-state index < -0.39 is 10.0 Å². The Morgan fingerprint density at radius 1 is 1.25 bits per heavy atom. The van der Waals surface area contributed by atoms with Crippen LogP contribution in [0.3, 0.4) is 0 Å². The molecule has 5 heteroatoms. The van der Waals surface area contributed by atoms with Gasteiger partial charge in [0.1, 0.15) is 0 Å². The molecule has 0 aromatic heterocycles. The van der Waals surface area contributed by atoms with E-state index in [0.717, 1.165) is 31.2 Å². The predicted octanol–water partition coefficient (Wildman–Crippen LogP) is 2.71. The average Bonchev–Trinajstić information content (AvgIpc) is 2.38. The van der Waals surface area contributed by atoms with Crippen LogP contribution in [0.2, 0.25) is 0 Å². The second kappa shape index (κ2) is 5.84. The molecule has 20 heavy (non-hydrogen) atoms. The lowest BCUT2D eigenvalue weighted by atomic mass is 9.84. The van der Waals surface area contributed by atoms with Crippen LogP contribution in [0.5, 0.6) is 0 Å². The number of sulfonamides is 1. The number of rotatable bonds is 4. The zero-order valence-corrected chi connectivity index (χ0v) is 13.0. The van der Waals surface area contributed by atoms with E-state index in [2.05, 4.69) is 4.72 Å². The van der Waals surface area contributed by atoms with Crippen LogP contribution in [0.1, 0.15) is 57.6 Å². The molecule has 0 saturated heterocycles. The van der Waals surface area contributed by atoms with E-state index in [4.69, 9.17) is 5.73 Å². The van der Waals surface area contributed by atoms with E-state index in [9.17, 15) is 8.42 Å². The normalized spacial score (nSPS) is 20.6. The Hall–Kier alpha value is -0.910. The molecular formula is C15H24N2O2S. The van der Waals surface area contributed by atoms with Crippen molar-refractivity contribution in [1.29, 1.82) is 0 Å². The maximum atomic E-state index is 12.5. The topological polar surface area (TPSA) is 72.2 Å². The molecule has 3 N–H and O–H groups in total. The van der Waals surface area contributed by atoms with Gasteiger partial charge in [-0.1, -0.05) is 31.4 Å². The fourth-order valence-electron chi connectivity index (χ4n) is 2.78. The Balaban J connectivity index is 2.24. The van der Waals surface area contributed by atoms with E-state index in [1.165, 1.54) is 6.42 Å². The Morgan fingerprint density at radius 3 is 2.50 bits per heavy atom. The number of benzene rings is 1. The van der Waals surface area contributed by atoms with E-state index >= 15 is 0 Å². The van der Waals surface area contributed by atoms with Crippen molar-refractivity contribution in [3.05, 3.63) is 29.8 Å². The summed E-state index contributed by atoms with van der Waals surface area (Å²) in [5.41, 5.74) is 6.34. The van der Waals surface area contributed by atoms with Crippen molar-refractivity contribution in [2.75, 3.05) is 0 Å². The van der Waals surface area contributed by atoms with Gasteiger partial charge in [0.25, 0.3) is 0 Å². The van der Waals surface area contributed by atoms with Gasteiger partial charge in [-0.15, -0.1) is 0 Å². The number of hydrogen-bond donors (Lipinski definition) is 2. The van der Waals surface area contributed by atoms with Gasteiger partial charge in [0.15, 0.2) is 0 Å². The molecule has 2 rings (SSSR count). The summed E-state index contributed by atoms with van der Waals surface area (Å²) in [6, 6.07) is 6.72. The zero-order valence-electron chi connectivity index (χ0n) is 12.2. The van der Waals surface area contributed by atoms with Crippen molar-refractivity contribution in [3.8, 4) is 0 Å². The van der Waals surface area contributed by atoms with Crippen molar-refractivity contribution < 1.29 is 8.42 Å². The highest BCUT2D eigenvalue weighted by atomic mass is 32.2. The molecule has 1 unspecified atom stereocenters. The second-order valence-electron chi connectivity index (χ2n) is 6.09. The molecule has 0 aliphatic heterocycles. The molecule has 1 aromatic rings. The fourth-order valence-corrected chi connectivity index (χ4v) is 4.30. The van der Waals surface area contributed by atoms with Crippen LogP contribution < -0.4 is 10.5 Å². The van der Waals surface area contributed by atoms with Crippen molar-refractivity contribution >= 4 is 10.0 Å². The predicted molar refractivity (Wildman–Crippen MR) is 80.9 cm³/mol. The Kier molecular flexibility index (Phi) is 4.52. The highest BCUT2D eigenvalue weighted by Gasteiger charge is 2.32. The SMILES string of the molecule is CC(N)c1cccc(S(=O)(=O)NC2(C)CCCCC2)c1. The monoisotopic (exact) mass is 296 g/mol. The maximum absolute atomic E-state index is 12.5. The summed E-state index contributed by atoms with van der Waals surface area (Å²) in [6.07, 6.45) is 5.16. The minimum Gasteiger partial charge on any atom is -0.324 e. The Labute approximate surface area is 121 Å². The Morgan fingerprint density at radius 2 is 1.90 bits per heavy atom. The molecule has 1 fully saturated rings. The van der Waals surface area contributed by atoms with Crippen molar-refractivity contribution in [2.45, 2.75) is 62.4 Å². The van der Waals surface area contributed by atoms with Gasteiger partial charge in [0, 0.05) is 11.6 Å². The lowest BCUT2D eigenvalue weighted by Crippen LogP contribution is -2.47. The lowest BCUT2D eigenvalue weighted by molar-refractivity contribution is 0.294. The van der Waals surface area contributed by atoms with Crippen molar-refractivity contribution in [2.24, 2.45) is 5.73 Å². The lowest BCUT2D eigenvalue weighted by Gasteiger charge is -2.34.